The van der Waals surface area contributed by atoms with Gasteiger partial charge < -0.3 is 5.32 Å². The lowest BCUT2D eigenvalue weighted by Crippen LogP contribution is -2.33. The predicted molar refractivity (Wildman–Crippen MR) is 77.6 cm³/mol. The van der Waals surface area contributed by atoms with Crippen molar-refractivity contribution in [2.45, 2.75) is 32.7 Å². The zero-order chi connectivity index (χ0) is 11.5. The molecule has 16 heavy (non-hydrogen) atoms. The molecule has 1 nitrogen and oxygen atoms in total. The molecule has 0 aromatic heterocycles. The van der Waals surface area contributed by atoms with Crippen LogP contribution in [-0.4, -0.2) is 12.6 Å². The Bertz CT molecular complexity index is 333. The molecule has 1 saturated carbocycles. The molecule has 0 radical (unpaired) electrons. The fourth-order valence-electron chi connectivity index (χ4n) is 2.42. The molecule has 1 aromatic rings. The van der Waals surface area contributed by atoms with Gasteiger partial charge in [-0.15, -0.1) is 0 Å². The summed E-state index contributed by atoms with van der Waals surface area (Å²) in [6, 6.07) is 9.61. The quantitative estimate of drug-likeness (QED) is 0.816. The van der Waals surface area contributed by atoms with Crippen molar-refractivity contribution in [3.8, 4) is 0 Å². The maximum atomic E-state index is 3.64. The largest absolute Gasteiger partial charge is 0.314 e. The van der Waals surface area contributed by atoms with Gasteiger partial charge in [-0.1, -0.05) is 26.0 Å². The molecule has 1 aliphatic carbocycles. The molecule has 2 rings (SSSR count). The highest BCUT2D eigenvalue weighted by Gasteiger charge is 2.38. The highest BCUT2D eigenvalue weighted by molar-refractivity contribution is 14.1. The number of nitrogens with one attached hydrogen (secondary N) is 1. The Labute approximate surface area is 112 Å². The summed E-state index contributed by atoms with van der Waals surface area (Å²) in [4.78, 5) is 0. The van der Waals surface area contributed by atoms with E-state index in [1.54, 1.807) is 0 Å². The van der Waals surface area contributed by atoms with Gasteiger partial charge in [0.15, 0.2) is 0 Å². The minimum Gasteiger partial charge on any atom is -0.314 e. The minimum absolute atomic E-state index is 0.681. The third-order valence-electron chi connectivity index (χ3n) is 3.52. The van der Waals surface area contributed by atoms with E-state index < -0.39 is 0 Å². The molecule has 0 amide bonds. The Balaban J connectivity index is 1.97. The zero-order valence-corrected chi connectivity index (χ0v) is 12.2. The second kappa shape index (κ2) is 5.50. The van der Waals surface area contributed by atoms with Crippen LogP contribution in [0.1, 0.15) is 25.8 Å². The smallest absolute Gasteiger partial charge is 0.0138 e. The Hall–Kier alpha value is -0.0900. The van der Waals surface area contributed by atoms with Crippen LogP contribution in [0.15, 0.2) is 24.3 Å². The normalized spacial score (nSPS) is 25.4. The number of likely N-dealkylation sites (N-methyl/N-ethyl adjacent to an activating group) is 1. The lowest BCUT2D eigenvalue weighted by molar-refractivity contribution is 0.454. The van der Waals surface area contributed by atoms with Crippen LogP contribution in [0.4, 0.5) is 0 Å². The maximum absolute atomic E-state index is 3.64. The molecule has 0 aliphatic heterocycles. The minimum atomic E-state index is 0.681. The number of halogens is 1. The lowest BCUT2D eigenvalue weighted by atomic mass is 10.0. The Morgan fingerprint density at radius 1 is 1.38 bits per heavy atom. The van der Waals surface area contributed by atoms with Crippen molar-refractivity contribution in [2.75, 3.05) is 6.54 Å². The summed E-state index contributed by atoms with van der Waals surface area (Å²) < 4.78 is 1.32. The van der Waals surface area contributed by atoms with Crippen molar-refractivity contribution < 1.29 is 0 Å². The third kappa shape index (κ3) is 3.20. The summed E-state index contributed by atoms with van der Waals surface area (Å²) >= 11 is 2.36. The molecule has 1 N–H and O–H groups in total. The highest BCUT2D eigenvalue weighted by atomic mass is 127. The van der Waals surface area contributed by atoms with Gasteiger partial charge >= 0.3 is 0 Å². The predicted octanol–water partition coefficient (Wildman–Crippen LogP) is 3.47. The molecule has 3 atom stereocenters. The Kier molecular flexibility index (Phi) is 4.25. The third-order valence-corrected chi connectivity index (χ3v) is 4.24. The zero-order valence-electron chi connectivity index (χ0n) is 10.0. The van der Waals surface area contributed by atoms with Crippen molar-refractivity contribution in [1.82, 2.24) is 5.32 Å². The van der Waals surface area contributed by atoms with Gasteiger partial charge in [-0.3, -0.25) is 0 Å². The summed E-state index contributed by atoms with van der Waals surface area (Å²) in [6.07, 6.45) is 2.59. The van der Waals surface area contributed by atoms with Crippen LogP contribution in [0.25, 0.3) is 0 Å². The average Bonchev–Trinajstić information content (AvgIpc) is 2.98. The van der Waals surface area contributed by atoms with Crippen LogP contribution in [0.5, 0.6) is 0 Å². The molecule has 3 unspecified atom stereocenters. The summed E-state index contributed by atoms with van der Waals surface area (Å²) in [5.41, 5.74) is 1.46. The van der Waals surface area contributed by atoms with Crippen molar-refractivity contribution >= 4 is 22.6 Å². The summed E-state index contributed by atoms with van der Waals surface area (Å²) in [5.74, 6) is 1.83. The van der Waals surface area contributed by atoms with Gasteiger partial charge in [-0.25, -0.2) is 0 Å². The van der Waals surface area contributed by atoms with E-state index in [0.717, 1.165) is 18.4 Å². The summed E-state index contributed by atoms with van der Waals surface area (Å²) in [7, 11) is 0. The van der Waals surface area contributed by atoms with Crippen LogP contribution in [0, 0.1) is 15.4 Å². The molecule has 1 fully saturated rings. The van der Waals surface area contributed by atoms with Gasteiger partial charge in [0, 0.05) is 9.61 Å². The van der Waals surface area contributed by atoms with E-state index in [-0.39, 0.29) is 0 Å². The van der Waals surface area contributed by atoms with Crippen molar-refractivity contribution in [1.29, 1.82) is 0 Å². The first-order chi connectivity index (χ1) is 7.70. The fourth-order valence-corrected chi connectivity index (χ4v) is 2.78. The van der Waals surface area contributed by atoms with E-state index in [9.17, 15) is 0 Å². The molecular weight excluding hydrogens is 309 g/mol. The monoisotopic (exact) mass is 329 g/mol. The van der Waals surface area contributed by atoms with Crippen LogP contribution in [0.2, 0.25) is 0 Å². The Morgan fingerprint density at radius 3 is 2.50 bits per heavy atom. The fraction of sp³-hybridized carbons (Fsp3) is 0.571. The van der Waals surface area contributed by atoms with Crippen molar-refractivity contribution in [2.24, 2.45) is 11.8 Å². The van der Waals surface area contributed by atoms with Crippen molar-refractivity contribution in [3.05, 3.63) is 33.4 Å². The molecule has 0 bridgehead atoms. The standard InChI is InChI=1S/C14H20IN/c1-3-16-14(13-8-10(13)2)9-11-4-6-12(15)7-5-11/h4-7,10,13-14,16H,3,8-9H2,1-2H3. The summed E-state index contributed by atoms with van der Waals surface area (Å²) in [6.45, 7) is 5.65. The van der Waals surface area contributed by atoms with E-state index in [0.29, 0.717) is 6.04 Å². The molecular formula is C14H20IN. The van der Waals surface area contributed by atoms with Crippen LogP contribution in [0.3, 0.4) is 0 Å². The molecule has 0 saturated heterocycles. The second-order valence-electron chi connectivity index (χ2n) is 4.87. The van der Waals surface area contributed by atoms with E-state index in [1.165, 1.54) is 22.0 Å². The Morgan fingerprint density at radius 2 is 2.00 bits per heavy atom. The van der Waals surface area contributed by atoms with E-state index in [2.05, 4.69) is 66.0 Å². The maximum Gasteiger partial charge on any atom is 0.0138 e. The van der Waals surface area contributed by atoms with E-state index in [4.69, 9.17) is 0 Å². The molecule has 88 valence electrons. The first-order valence-corrected chi connectivity index (χ1v) is 7.26. The molecule has 1 aromatic carbocycles. The van der Waals surface area contributed by atoms with Gasteiger partial charge in [-0.05, 0) is 71.5 Å². The first kappa shape index (κ1) is 12.4. The first-order valence-electron chi connectivity index (χ1n) is 6.18. The number of hydrogen-bond donors (Lipinski definition) is 1. The van der Waals surface area contributed by atoms with Gasteiger partial charge in [-0.2, -0.15) is 0 Å². The van der Waals surface area contributed by atoms with E-state index in [1.807, 2.05) is 0 Å². The molecule has 0 heterocycles. The number of rotatable bonds is 5. The van der Waals surface area contributed by atoms with E-state index >= 15 is 0 Å². The number of benzene rings is 1. The van der Waals surface area contributed by atoms with Crippen molar-refractivity contribution in [3.63, 3.8) is 0 Å². The molecule has 2 heteroatoms. The lowest BCUT2D eigenvalue weighted by Gasteiger charge is -2.17. The van der Waals surface area contributed by atoms with Gasteiger partial charge in [0.1, 0.15) is 0 Å². The van der Waals surface area contributed by atoms with Gasteiger partial charge in [0.25, 0.3) is 0 Å². The summed E-state index contributed by atoms with van der Waals surface area (Å²) in [5, 5.41) is 3.64. The number of hydrogen-bond acceptors (Lipinski definition) is 1. The topological polar surface area (TPSA) is 12.0 Å². The molecule has 1 aliphatic rings. The van der Waals surface area contributed by atoms with Crippen LogP contribution >= 0.6 is 22.6 Å². The SMILES string of the molecule is CCNC(Cc1ccc(I)cc1)C1CC1C. The van der Waals surface area contributed by atoms with Crippen LogP contribution < -0.4 is 5.32 Å². The van der Waals surface area contributed by atoms with Gasteiger partial charge in [0.05, 0.1) is 0 Å². The second-order valence-corrected chi connectivity index (χ2v) is 6.12. The van der Waals surface area contributed by atoms with Gasteiger partial charge in [0.2, 0.25) is 0 Å². The highest BCUT2D eigenvalue weighted by Crippen LogP contribution is 2.41. The van der Waals surface area contributed by atoms with Crippen LogP contribution in [-0.2, 0) is 6.42 Å². The molecule has 0 spiro atoms. The average molecular weight is 329 g/mol.